The van der Waals surface area contributed by atoms with E-state index in [1.54, 1.807) is 0 Å². The smallest absolute Gasteiger partial charge is 0.253 e. The average molecular weight is 302 g/mol. The maximum Gasteiger partial charge on any atom is 0.253 e. The molecule has 0 bridgehead atoms. The van der Waals surface area contributed by atoms with Gasteiger partial charge in [0.25, 0.3) is 5.91 Å². The Labute approximate surface area is 133 Å². The van der Waals surface area contributed by atoms with Crippen molar-refractivity contribution in [1.29, 1.82) is 0 Å². The minimum atomic E-state index is -0.000999. The molecule has 120 valence electrons. The standard InChI is InChI=1S/C18H26N2O2/c1-14-4-6-15(7-5-14)17(21)20-10-8-18(9-11-20)12-16(13-22-18)19(2)3/h4-7,16H,8-13H2,1-3H3/t16-/m0/s1. The van der Waals surface area contributed by atoms with Gasteiger partial charge in [0.2, 0.25) is 0 Å². The van der Waals surface area contributed by atoms with Gasteiger partial charge in [-0.3, -0.25) is 4.79 Å². The lowest BCUT2D eigenvalue weighted by molar-refractivity contribution is -0.0392. The zero-order valence-corrected chi connectivity index (χ0v) is 13.8. The summed E-state index contributed by atoms with van der Waals surface area (Å²) in [6.07, 6.45) is 3.00. The summed E-state index contributed by atoms with van der Waals surface area (Å²) < 4.78 is 6.13. The molecule has 2 saturated heterocycles. The summed E-state index contributed by atoms with van der Waals surface area (Å²) in [5, 5.41) is 0. The Bertz CT molecular complexity index is 531. The first-order chi connectivity index (χ1) is 10.5. The summed E-state index contributed by atoms with van der Waals surface area (Å²) in [4.78, 5) is 16.8. The van der Waals surface area contributed by atoms with Gasteiger partial charge in [-0.1, -0.05) is 17.7 Å². The highest BCUT2D eigenvalue weighted by molar-refractivity contribution is 5.94. The highest BCUT2D eigenvalue weighted by atomic mass is 16.5. The maximum atomic E-state index is 12.6. The van der Waals surface area contributed by atoms with Gasteiger partial charge in [-0.2, -0.15) is 0 Å². The molecule has 0 unspecified atom stereocenters. The van der Waals surface area contributed by atoms with Crippen molar-refractivity contribution in [2.24, 2.45) is 0 Å². The van der Waals surface area contributed by atoms with Crippen molar-refractivity contribution < 1.29 is 9.53 Å². The molecular formula is C18H26N2O2. The molecule has 4 nitrogen and oxygen atoms in total. The molecule has 0 saturated carbocycles. The van der Waals surface area contributed by atoms with Crippen LogP contribution in [0.4, 0.5) is 0 Å². The summed E-state index contributed by atoms with van der Waals surface area (Å²) in [6, 6.07) is 8.37. The summed E-state index contributed by atoms with van der Waals surface area (Å²) in [6.45, 7) is 4.45. The van der Waals surface area contributed by atoms with Crippen molar-refractivity contribution in [3.8, 4) is 0 Å². The first-order valence-electron chi connectivity index (χ1n) is 8.15. The van der Waals surface area contributed by atoms with Crippen LogP contribution in [0.15, 0.2) is 24.3 Å². The zero-order chi connectivity index (χ0) is 15.7. The first-order valence-corrected chi connectivity index (χ1v) is 8.15. The van der Waals surface area contributed by atoms with Gasteiger partial charge in [0.1, 0.15) is 0 Å². The molecule has 22 heavy (non-hydrogen) atoms. The first kappa shape index (κ1) is 15.5. The molecule has 1 aromatic carbocycles. The van der Waals surface area contributed by atoms with Crippen molar-refractivity contribution in [2.45, 2.75) is 37.8 Å². The number of carbonyl (C=O) groups is 1. The van der Waals surface area contributed by atoms with E-state index in [4.69, 9.17) is 4.74 Å². The monoisotopic (exact) mass is 302 g/mol. The fourth-order valence-corrected chi connectivity index (χ4v) is 3.50. The molecule has 0 N–H and O–H groups in total. The topological polar surface area (TPSA) is 32.8 Å². The molecule has 0 aromatic heterocycles. The zero-order valence-electron chi connectivity index (χ0n) is 13.8. The van der Waals surface area contributed by atoms with Gasteiger partial charge in [-0.15, -0.1) is 0 Å². The van der Waals surface area contributed by atoms with Crippen LogP contribution in [-0.2, 0) is 4.74 Å². The molecule has 1 spiro atoms. The molecule has 1 aromatic rings. The normalized spacial score (nSPS) is 24.2. The number of piperidine rings is 1. The second-order valence-corrected chi connectivity index (χ2v) is 6.97. The van der Waals surface area contributed by atoms with Crippen LogP contribution in [0.3, 0.4) is 0 Å². The van der Waals surface area contributed by atoms with Crippen LogP contribution in [0.25, 0.3) is 0 Å². The fraction of sp³-hybridized carbons (Fsp3) is 0.611. The lowest BCUT2D eigenvalue weighted by atomic mass is 9.87. The summed E-state index contributed by atoms with van der Waals surface area (Å²) in [5.41, 5.74) is 1.97. The van der Waals surface area contributed by atoms with Crippen LogP contribution in [0.1, 0.15) is 35.2 Å². The molecule has 1 atom stereocenters. The molecule has 4 heteroatoms. The highest BCUT2D eigenvalue weighted by Gasteiger charge is 2.43. The van der Waals surface area contributed by atoms with Crippen LogP contribution < -0.4 is 0 Å². The van der Waals surface area contributed by atoms with Crippen LogP contribution >= 0.6 is 0 Å². The van der Waals surface area contributed by atoms with Crippen molar-refractivity contribution >= 4 is 5.91 Å². The summed E-state index contributed by atoms with van der Waals surface area (Å²) in [5.74, 6) is 0.150. The molecule has 2 fully saturated rings. The van der Waals surface area contributed by atoms with E-state index < -0.39 is 0 Å². The van der Waals surface area contributed by atoms with Gasteiger partial charge in [0, 0.05) is 24.7 Å². The summed E-state index contributed by atoms with van der Waals surface area (Å²) >= 11 is 0. The predicted octanol–water partition coefficient (Wildman–Crippen LogP) is 2.32. The van der Waals surface area contributed by atoms with E-state index in [1.165, 1.54) is 5.56 Å². The Balaban J connectivity index is 1.60. The van der Waals surface area contributed by atoms with E-state index in [0.717, 1.165) is 44.5 Å². The largest absolute Gasteiger partial charge is 0.373 e. The SMILES string of the molecule is Cc1ccc(C(=O)N2CCC3(CC2)C[C@H](N(C)C)CO3)cc1. The van der Waals surface area contributed by atoms with Crippen LogP contribution in [0, 0.1) is 6.92 Å². The van der Waals surface area contributed by atoms with Crippen LogP contribution in [-0.4, -0.2) is 61.1 Å². The molecule has 2 heterocycles. The van der Waals surface area contributed by atoms with Crippen molar-refractivity contribution in [2.75, 3.05) is 33.8 Å². The third kappa shape index (κ3) is 3.03. The second kappa shape index (κ2) is 6.01. The number of benzene rings is 1. The number of likely N-dealkylation sites (tertiary alicyclic amines) is 1. The number of carbonyl (C=O) groups excluding carboxylic acids is 1. The van der Waals surface area contributed by atoms with Gasteiger partial charge < -0.3 is 14.5 Å². The van der Waals surface area contributed by atoms with E-state index >= 15 is 0 Å². The number of rotatable bonds is 2. The van der Waals surface area contributed by atoms with Gasteiger partial charge in [0.15, 0.2) is 0 Å². The van der Waals surface area contributed by atoms with Gasteiger partial charge >= 0.3 is 0 Å². The number of nitrogens with zero attached hydrogens (tertiary/aromatic N) is 2. The molecule has 2 aliphatic rings. The number of hydrogen-bond acceptors (Lipinski definition) is 3. The van der Waals surface area contributed by atoms with E-state index in [9.17, 15) is 4.79 Å². The Kier molecular flexibility index (Phi) is 4.24. The average Bonchev–Trinajstić information content (AvgIpc) is 2.92. The number of amides is 1. The van der Waals surface area contributed by atoms with E-state index in [2.05, 4.69) is 19.0 Å². The molecule has 0 aliphatic carbocycles. The maximum absolute atomic E-state index is 12.6. The molecular weight excluding hydrogens is 276 g/mol. The number of likely N-dealkylation sites (N-methyl/N-ethyl adjacent to an activating group) is 1. The predicted molar refractivity (Wildman–Crippen MR) is 87.1 cm³/mol. The lowest BCUT2D eigenvalue weighted by Gasteiger charge is -2.39. The number of ether oxygens (including phenoxy) is 1. The quantitative estimate of drug-likeness (QED) is 0.840. The second-order valence-electron chi connectivity index (χ2n) is 6.97. The Morgan fingerprint density at radius 3 is 2.41 bits per heavy atom. The molecule has 3 rings (SSSR count). The third-order valence-corrected chi connectivity index (χ3v) is 5.18. The van der Waals surface area contributed by atoms with Crippen LogP contribution in [0.2, 0.25) is 0 Å². The number of hydrogen-bond donors (Lipinski definition) is 0. The third-order valence-electron chi connectivity index (χ3n) is 5.18. The fourth-order valence-electron chi connectivity index (χ4n) is 3.50. The summed E-state index contributed by atoms with van der Waals surface area (Å²) in [7, 11) is 4.23. The van der Waals surface area contributed by atoms with E-state index in [0.29, 0.717) is 6.04 Å². The van der Waals surface area contributed by atoms with Crippen molar-refractivity contribution in [3.05, 3.63) is 35.4 Å². The van der Waals surface area contributed by atoms with Crippen molar-refractivity contribution in [3.63, 3.8) is 0 Å². The minimum Gasteiger partial charge on any atom is -0.373 e. The highest BCUT2D eigenvalue weighted by Crippen LogP contribution is 2.37. The van der Waals surface area contributed by atoms with E-state index in [1.807, 2.05) is 36.1 Å². The van der Waals surface area contributed by atoms with Gasteiger partial charge in [-0.05, 0) is 52.4 Å². The Hall–Kier alpha value is -1.39. The van der Waals surface area contributed by atoms with E-state index in [-0.39, 0.29) is 11.5 Å². The van der Waals surface area contributed by atoms with Gasteiger partial charge in [0.05, 0.1) is 12.2 Å². The van der Waals surface area contributed by atoms with Gasteiger partial charge in [-0.25, -0.2) is 0 Å². The molecule has 0 radical (unpaired) electrons. The molecule has 1 amide bonds. The molecule has 2 aliphatic heterocycles. The number of aryl methyl sites for hydroxylation is 1. The Morgan fingerprint density at radius 2 is 1.86 bits per heavy atom. The van der Waals surface area contributed by atoms with Crippen molar-refractivity contribution in [1.82, 2.24) is 9.80 Å². The minimum absolute atomic E-state index is 0.000999. The Morgan fingerprint density at radius 1 is 1.23 bits per heavy atom. The lowest BCUT2D eigenvalue weighted by Crippen LogP contribution is -2.46. The van der Waals surface area contributed by atoms with Crippen LogP contribution in [0.5, 0.6) is 0 Å².